The standard InChI is InChI=1S/C7H7NO3S/c1-4(7(10)11)6(9)5-2-12-3-8-5/h2-4H,1H3,(H,10,11). The molecule has 0 aromatic carbocycles. The Morgan fingerprint density at radius 1 is 1.67 bits per heavy atom. The maximum Gasteiger partial charge on any atom is 0.314 e. The maximum absolute atomic E-state index is 11.2. The summed E-state index contributed by atoms with van der Waals surface area (Å²) >= 11 is 1.27. The van der Waals surface area contributed by atoms with Crippen molar-refractivity contribution in [1.82, 2.24) is 4.98 Å². The zero-order valence-electron chi connectivity index (χ0n) is 6.35. The lowest BCUT2D eigenvalue weighted by Gasteiger charge is -2.00. The Labute approximate surface area is 72.9 Å². The van der Waals surface area contributed by atoms with Crippen LogP contribution in [0.5, 0.6) is 0 Å². The number of carbonyl (C=O) groups is 2. The summed E-state index contributed by atoms with van der Waals surface area (Å²) in [4.78, 5) is 25.3. The Morgan fingerprint density at radius 3 is 2.75 bits per heavy atom. The molecule has 12 heavy (non-hydrogen) atoms. The van der Waals surface area contributed by atoms with Gasteiger partial charge in [-0.1, -0.05) is 0 Å². The van der Waals surface area contributed by atoms with E-state index in [4.69, 9.17) is 5.11 Å². The number of nitrogens with zero attached hydrogens (tertiary/aromatic N) is 1. The molecule has 0 radical (unpaired) electrons. The van der Waals surface area contributed by atoms with Gasteiger partial charge in [0.15, 0.2) is 5.78 Å². The first-order chi connectivity index (χ1) is 5.63. The van der Waals surface area contributed by atoms with Crippen molar-refractivity contribution in [3.63, 3.8) is 0 Å². The number of carbonyl (C=O) groups excluding carboxylic acids is 1. The highest BCUT2D eigenvalue weighted by atomic mass is 32.1. The van der Waals surface area contributed by atoms with Crippen LogP contribution in [0, 0.1) is 5.92 Å². The van der Waals surface area contributed by atoms with Crippen LogP contribution in [0.3, 0.4) is 0 Å². The highest BCUT2D eigenvalue weighted by Crippen LogP contribution is 2.08. The van der Waals surface area contributed by atoms with Crippen LogP contribution in [-0.2, 0) is 4.79 Å². The molecule has 0 fully saturated rings. The molecule has 0 aliphatic rings. The van der Waals surface area contributed by atoms with Crippen LogP contribution in [0.15, 0.2) is 10.9 Å². The first-order valence-corrected chi connectivity index (χ1v) is 4.22. The van der Waals surface area contributed by atoms with Gasteiger partial charge in [-0.05, 0) is 6.92 Å². The predicted octanol–water partition coefficient (Wildman–Crippen LogP) is 1.05. The topological polar surface area (TPSA) is 67.3 Å². The molecule has 64 valence electrons. The molecule has 5 heteroatoms. The van der Waals surface area contributed by atoms with Crippen molar-refractivity contribution >= 4 is 23.1 Å². The molecular formula is C7H7NO3S. The van der Waals surface area contributed by atoms with E-state index in [-0.39, 0.29) is 5.69 Å². The number of aromatic nitrogens is 1. The van der Waals surface area contributed by atoms with Gasteiger partial charge in [0.1, 0.15) is 11.6 Å². The summed E-state index contributed by atoms with van der Waals surface area (Å²) in [5.74, 6) is -2.57. The molecule has 1 heterocycles. The highest BCUT2D eigenvalue weighted by molar-refractivity contribution is 7.07. The lowest BCUT2D eigenvalue weighted by molar-refractivity contribution is -0.139. The molecule has 4 nitrogen and oxygen atoms in total. The van der Waals surface area contributed by atoms with Crippen LogP contribution in [0.1, 0.15) is 17.4 Å². The van der Waals surface area contributed by atoms with E-state index in [0.717, 1.165) is 0 Å². The lowest BCUT2D eigenvalue weighted by atomic mass is 10.1. The number of rotatable bonds is 3. The van der Waals surface area contributed by atoms with Crippen LogP contribution >= 0.6 is 11.3 Å². The summed E-state index contributed by atoms with van der Waals surface area (Å²) < 4.78 is 0. The summed E-state index contributed by atoms with van der Waals surface area (Å²) in [6, 6.07) is 0. The third-order valence-electron chi connectivity index (χ3n) is 1.45. The molecule has 0 spiro atoms. The van der Waals surface area contributed by atoms with Crippen molar-refractivity contribution in [2.45, 2.75) is 6.92 Å². The van der Waals surface area contributed by atoms with Gasteiger partial charge in [0.25, 0.3) is 0 Å². The second-order valence-corrected chi connectivity index (χ2v) is 3.02. The number of carboxylic acids is 1. The van der Waals surface area contributed by atoms with Gasteiger partial charge < -0.3 is 5.11 Å². The van der Waals surface area contributed by atoms with Gasteiger partial charge in [0.05, 0.1) is 5.51 Å². The zero-order valence-corrected chi connectivity index (χ0v) is 7.17. The molecule has 0 amide bonds. The van der Waals surface area contributed by atoms with Gasteiger partial charge in [0.2, 0.25) is 0 Å². The van der Waals surface area contributed by atoms with E-state index in [1.165, 1.54) is 23.8 Å². The molecule has 0 bridgehead atoms. The minimum atomic E-state index is -1.12. The van der Waals surface area contributed by atoms with Crippen molar-refractivity contribution in [3.05, 3.63) is 16.6 Å². The lowest BCUT2D eigenvalue weighted by Crippen LogP contribution is -2.20. The molecule has 1 aromatic rings. The van der Waals surface area contributed by atoms with E-state index < -0.39 is 17.7 Å². The Hall–Kier alpha value is -1.23. The van der Waals surface area contributed by atoms with Crippen LogP contribution in [0.4, 0.5) is 0 Å². The van der Waals surface area contributed by atoms with Gasteiger partial charge in [-0.3, -0.25) is 9.59 Å². The molecule has 1 rings (SSSR count). The third kappa shape index (κ3) is 1.68. The second kappa shape index (κ2) is 3.44. The minimum absolute atomic E-state index is 0.231. The SMILES string of the molecule is CC(C(=O)O)C(=O)c1cscn1. The summed E-state index contributed by atoms with van der Waals surface area (Å²) in [6.45, 7) is 1.35. The molecule has 1 N–H and O–H groups in total. The second-order valence-electron chi connectivity index (χ2n) is 2.30. The molecule has 1 atom stereocenters. The molecule has 1 unspecified atom stereocenters. The van der Waals surface area contributed by atoms with Gasteiger partial charge in [-0.15, -0.1) is 11.3 Å². The Balaban J connectivity index is 2.79. The van der Waals surface area contributed by atoms with E-state index >= 15 is 0 Å². The summed E-state index contributed by atoms with van der Waals surface area (Å²) in [6.07, 6.45) is 0. The molecule has 0 aliphatic heterocycles. The van der Waals surface area contributed by atoms with E-state index in [0.29, 0.717) is 0 Å². The molecule has 0 aliphatic carbocycles. The molecular weight excluding hydrogens is 178 g/mol. The van der Waals surface area contributed by atoms with Crippen molar-refractivity contribution in [2.75, 3.05) is 0 Å². The molecule has 0 saturated carbocycles. The quantitative estimate of drug-likeness (QED) is 0.564. The van der Waals surface area contributed by atoms with Crippen molar-refractivity contribution < 1.29 is 14.7 Å². The Morgan fingerprint density at radius 2 is 2.33 bits per heavy atom. The number of aliphatic carboxylic acids is 1. The number of ketones is 1. The first kappa shape index (κ1) is 8.86. The fourth-order valence-corrected chi connectivity index (χ4v) is 1.21. The molecule has 0 saturated heterocycles. The number of carboxylic acid groups (broad SMARTS) is 1. The van der Waals surface area contributed by atoms with Gasteiger partial charge in [-0.25, -0.2) is 4.98 Å². The minimum Gasteiger partial charge on any atom is -0.481 e. The number of hydrogen-bond donors (Lipinski definition) is 1. The van der Waals surface area contributed by atoms with Gasteiger partial charge in [-0.2, -0.15) is 0 Å². The maximum atomic E-state index is 11.2. The van der Waals surface area contributed by atoms with Gasteiger partial charge in [0, 0.05) is 5.38 Å². The van der Waals surface area contributed by atoms with Crippen molar-refractivity contribution in [2.24, 2.45) is 5.92 Å². The Kier molecular flexibility index (Phi) is 2.54. The largest absolute Gasteiger partial charge is 0.481 e. The summed E-state index contributed by atoms with van der Waals surface area (Å²) in [5.41, 5.74) is 1.73. The normalized spacial score (nSPS) is 12.4. The van der Waals surface area contributed by atoms with E-state index in [2.05, 4.69) is 4.98 Å². The van der Waals surface area contributed by atoms with Crippen LogP contribution in [0.25, 0.3) is 0 Å². The monoisotopic (exact) mass is 185 g/mol. The number of hydrogen-bond acceptors (Lipinski definition) is 4. The van der Waals surface area contributed by atoms with Crippen LogP contribution in [0.2, 0.25) is 0 Å². The van der Waals surface area contributed by atoms with E-state index in [1.54, 1.807) is 5.38 Å². The predicted molar refractivity (Wildman–Crippen MR) is 43.2 cm³/mol. The van der Waals surface area contributed by atoms with Crippen molar-refractivity contribution in [1.29, 1.82) is 0 Å². The fourth-order valence-electron chi connectivity index (χ4n) is 0.668. The van der Waals surface area contributed by atoms with E-state index in [9.17, 15) is 9.59 Å². The van der Waals surface area contributed by atoms with Crippen molar-refractivity contribution in [3.8, 4) is 0 Å². The smallest absolute Gasteiger partial charge is 0.314 e. The Bertz CT molecular complexity index is 294. The summed E-state index contributed by atoms with van der Waals surface area (Å²) in [7, 11) is 0. The molecule has 1 aromatic heterocycles. The third-order valence-corrected chi connectivity index (χ3v) is 2.03. The average Bonchev–Trinajstić information content (AvgIpc) is 2.53. The number of Topliss-reactive ketones (excluding diaryl/α,β-unsaturated/α-hetero) is 1. The first-order valence-electron chi connectivity index (χ1n) is 3.28. The summed E-state index contributed by atoms with van der Waals surface area (Å²) in [5, 5.41) is 10.0. The zero-order chi connectivity index (χ0) is 9.14. The number of thiazole rings is 1. The van der Waals surface area contributed by atoms with E-state index in [1.807, 2.05) is 0 Å². The fraction of sp³-hybridized carbons (Fsp3) is 0.286. The average molecular weight is 185 g/mol. The highest BCUT2D eigenvalue weighted by Gasteiger charge is 2.22. The van der Waals surface area contributed by atoms with Crippen LogP contribution < -0.4 is 0 Å². The van der Waals surface area contributed by atoms with Crippen LogP contribution in [-0.4, -0.2) is 21.8 Å². The van der Waals surface area contributed by atoms with Gasteiger partial charge >= 0.3 is 5.97 Å².